The van der Waals surface area contributed by atoms with Gasteiger partial charge in [-0.05, 0) is 47.9 Å². The van der Waals surface area contributed by atoms with Crippen molar-refractivity contribution in [3.05, 3.63) is 41.7 Å². The number of rotatable bonds is 2. The highest BCUT2D eigenvalue weighted by Gasteiger charge is 2.23. The first-order valence-electron chi connectivity index (χ1n) is 5.62. The van der Waals surface area contributed by atoms with Gasteiger partial charge in [0.1, 0.15) is 10.4 Å². The van der Waals surface area contributed by atoms with Crippen LogP contribution in [0, 0.1) is 13.8 Å². The summed E-state index contributed by atoms with van der Waals surface area (Å²) in [5.74, 6) is 0. The van der Waals surface area contributed by atoms with Gasteiger partial charge in [0.15, 0.2) is 5.52 Å². The number of fused-ring (bicyclic) bond motifs is 1. The fraction of sp³-hybridized carbons (Fsp3) is 0.167. The van der Waals surface area contributed by atoms with Crippen molar-refractivity contribution in [3.8, 4) is 0 Å². The fourth-order valence-corrected chi connectivity index (χ4v) is 3.66. The first kappa shape index (κ1) is 11.9. The zero-order chi connectivity index (χ0) is 13.6. The molecule has 3 aromatic rings. The molecule has 0 bridgehead atoms. The van der Waals surface area contributed by atoms with Gasteiger partial charge in [0.25, 0.3) is 10.0 Å². The largest absolute Gasteiger partial charge is 0.270 e. The van der Waals surface area contributed by atoms with Crippen LogP contribution in [0.3, 0.4) is 0 Å². The molecule has 6 nitrogen and oxygen atoms in total. The molecule has 0 aliphatic carbocycles. The van der Waals surface area contributed by atoms with Crippen molar-refractivity contribution in [3.63, 3.8) is 0 Å². The topological polar surface area (TPSA) is 78.0 Å². The van der Waals surface area contributed by atoms with E-state index in [0.717, 1.165) is 5.56 Å². The van der Waals surface area contributed by atoms with Crippen molar-refractivity contribution in [1.82, 2.24) is 14.3 Å². The molecule has 0 saturated heterocycles. The summed E-state index contributed by atoms with van der Waals surface area (Å²) in [4.78, 5) is 0.0879. The molecular weight excluding hydrogens is 266 g/mol. The number of aryl methyl sites for hydroxylation is 2. The van der Waals surface area contributed by atoms with Crippen LogP contribution < -0.4 is 0 Å². The van der Waals surface area contributed by atoms with Crippen molar-refractivity contribution >= 4 is 21.1 Å². The Morgan fingerprint density at radius 3 is 2.68 bits per heavy atom. The van der Waals surface area contributed by atoms with Gasteiger partial charge in [-0.25, -0.2) is 17.0 Å². The summed E-state index contributed by atoms with van der Waals surface area (Å²) in [6.07, 6.45) is 1.58. The van der Waals surface area contributed by atoms with E-state index in [-0.39, 0.29) is 10.4 Å². The van der Waals surface area contributed by atoms with Crippen LogP contribution in [0.25, 0.3) is 11.0 Å². The second-order valence-electron chi connectivity index (χ2n) is 4.35. The Morgan fingerprint density at radius 1 is 1.21 bits per heavy atom. The molecule has 19 heavy (non-hydrogen) atoms. The molecule has 0 atom stereocenters. The lowest BCUT2D eigenvalue weighted by Gasteiger charge is -2.07. The fourth-order valence-electron chi connectivity index (χ4n) is 2.07. The molecule has 0 fully saturated rings. The highest BCUT2D eigenvalue weighted by Crippen LogP contribution is 2.23. The summed E-state index contributed by atoms with van der Waals surface area (Å²) in [6.45, 7) is 3.59. The zero-order valence-electron chi connectivity index (χ0n) is 10.4. The summed E-state index contributed by atoms with van der Waals surface area (Å²) in [6, 6.07) is 6.57. The minimum atomic E-state index is -3.69. The maximum Gasteiger partial charge on any atom is 0.270 e. The van der Waals surface area contributed by atoms with E-state index < -0.39 is 10.0 Å². The Hall–Kier alpha value is -2.15. The Bertz CT molecular complexity index is 861. The highest BCUT2D eigenvalue weighted by atomic mass is 32.2. The van der Waals surface area contributed by atoms with Gasteiger partial charge in [-0.3, -0.25) is 0 Å². The SMILES string of the molecule is Cc1cc(C)n(S(=O)(=O)c2cccc3nonc23)c1. The Kier molecular flexibility index (Phi) is 2.46. The molecule has 0 unspecified atom stereocenters. The van der Waals surface area contributed by atoms with Gasteiger partial charge in [-0.2, -0.15) is 0 Å². The summed E-state index contributed by atoms with van der Waals surface area (Å²) in [7, 11) is -3.69. The van der Waals surface area contributed by atoms with Gasteiger partial charge in [-0.15, -0.1) is 0 Å². The van der Waals surface area contributed by atoms with Crippen LogP contribution in [0.4, 0.5) is 0 Å². The third-order valence-electron chi connectivity index (χ3n) is 2.89. The van der Waals surface area contributed by atoms with Crippen molar-refractivity contribution in [2.75, 3.05) is 0 Å². The number of nitrogens with zero attached hydrogens (tertiary/aromatic N) is 3. The molecule has 3 rings (SSSR count). The Morgan fingerprint density at radius 2 is 2.00 bits per heavy atom. The molecule has 0 radical (unpaired) electrons. The van der Waals surface area contributed by atoms with Gasteiger partial charge < -0.3 is 0 Å². The van der Waals surface area contributed by atoms with Crippen molar-refractivity contribution in [2.24, 2.45) is 0 Å². The van der Waals surface area contributed by atoms with Crippen LogP contribution in [-0.2, 0) is 10.0 Å². The van der Waals surface area contributed by atoms with E-state index in [2.05, 4.69) is 14.9 Å². The molecule has 7 heteroatoms. The van der Waals surface area contributed by atoms with Crippen LogP contribution in [0.15, 0.2) is 40.0 Å². The third-order valence-corrected chi connectivity index (χ3v) is 4.69. The van der Waals surface area contributed by atoms with Gasteiger partial charge in [0, 0.05) is 11.9 Å². The maximum atomic E-state index is 12.6. The second-order valence-corrected chi connectivity index (χ2v) is 6.13. The lowest BCUT2D eigenvalue weighted by atomic mass is 10.3. The normalized spacial score (nSPS) is 12.1. The van der Waals surface area contributed by atoms with E-state index in [1.165, 1.54) is 10.0 Å². The molecule has 0 aliphatic heterocycles. The van der Waals surface area contributed by atoms with E-state index in [1.54, 1.807) is 31.3 Å². The second kappa shape index (κ2) is 3.92. The third kappa shape index (κ3) is 1.74. The van der Waals surface area contributed by atoms with Crippen molar-refractivity contribution < 1.29 is 13.0 Å². The smallest absolute Gasteiger partial charge is 0.246 e. The molecular formula is C12H11N3O3S. The van der Waals surface area contributed by atoms with Gasteiger partial charge in [0.05, 0.1) is 0 Å². The van der Waals surface area contributed by atoms with Crippen LogP contribution >= 0.6 is 0 Å². The zero-order valence-corrected chi connectivity index (χ0v) is 11.2. The average Bonchev–Trinajstić information content (AvgIpc) is 2.94. The quantitative estimate of drug-likeness (QED) is 0.714. The molecule has 0 amide bonds. The number of benzene rings is 1. The Balaban J connectivity index is 2.31. The summed E-state index contributed by atoms with van der Waals surface area (Å²) in [5.41, 5.74) is 2.19. The molecule has 0 N–H and O–H groups in total. The molecule has 0 saturated carbocycles. The molecule has 1 aromatic carbocycles. The van der Waals surface area contributed by atoms with Gasteiger partial charge in [0.2, 0.25) is 0 Å². The van der Waals surface area contributed by atoms with Gasteiger partial charge in [-0.1, -0.05) is 6.07 Å². The van der Waals surface area contributed by atoms with E-state index in [9.17, 15) is 8.42 Å². The van der Waals surface area contributed by atoms with E-state index in [0.29, 0.717) is 11.2 Å². The van der Waals surface area contributed by atoms with Crippen LogP contribution in [0.5, 0.6) is 0 Å². The molecule has 0 aliphatic rings. The van der Waals surface area contributed by atoms with Gasteiger partial charge >= 0.3 is 0 Å². The van der Waals surface area contributed by atoms with E-state index in [4.69, 9.17) is 0 Å². The monoisotopic (exact) mass is 277 g/mol. The lowest BCUT2D eigenvalue weighted by molar-refractivity contribution is 0.315. The summed E-state index contributed by atoms with van der Waals surface area (Å²) < 4.78 is 31.1. The first-order valence-corrected chi connectivity index (χ1v) is 7.06. The molecule has 2 heterocycles. The molecule has 98 valence electrons. The lowest BCUT2D eigenvalue weighted by Crippen LogP contribution is -2.13. The predicted molar refractivity (Wildman–Crippen MR) is 68.3 cm³/mol. The summed E-state index contributed by atoms with van der Waals surface area (Å²) >= 11 is 0. The Labute approximate surface area is 109 Å². The molecule has 0 spiro atoms. The average molecular weight is 277 g/mol. The van der Waals surface area contributed by atoms with Crippen molar-refractivity contribution in [2.45, 2.75) is 18.7 Å². The first-order chi connectivity index (χ1) is 9.00. The predicted octanol–water partition coefficient (Wildman–Crippen LogP) is 1.88. The molecule has 2 aromatic heterocycles. The standard InChI is InChI=1S/C12H11N3O3S/c1-8-6-9(2)15(7-8)19(16,17)11-5-3-4-10-12(11)14-18-13-10/h3-7H,1-2H3. The van der Waals surface area contributed by atoms with Crippen LogP contribution in [0.2, 0.25) is 0 Å². The van der Waals surface area contributed by atoms with Crippen LogP contribution in [-0.4, -0.2) is 22.7 Å². The minimum absolute atomic E-state index is 0.0879. The van der Waals surface area contributed by atoms with Crippen molar-refractivity contribution in [1.29, 1.82) is 0 Å². The summed E-state index contributed by atoms with van der Waals surface area (Å²) in [5, 5.41) is 7.32. The number of aromatic nitrogens is 3. The van der Waals surface area contributed by atoms with Crippen LogP contribution in [0.1, 0.15) is 11.3 Å². The number of hydrogen-bond acceptors (Lipinski definition) is 5. The number of hydrogen-bond donors (Lipinski definition) is 0. The minimum Gasteiger partial charge on any atom is -0.246 e. The highest BCUT2D eigenvalue weighted by molar-refractivity contribution is 7.90. The van der Waals surface area contributed by atoms with E-state index in [1.807, 2.05) is 6.92 Å². The maximum absolute atomic E-state index is 12.6. The van der Waals surface area contributed by atoms with E-state index >= 15 is 0 Å².